The highest BCUT2D eigenvalue weighted by Gasteiger charge is 2.32. The molecule has 0 aromatic carbocycles. The van der Waals surface area contributed by atoms with Gasteiger partial charge >= 0.3 is 11.8 Å². The molecule has 1 rings (SSSR count). The molecule has 0 saturated heterocycles. The summed E-state index contributed by atoms with van der Waals surface area (Å²) < 4.78 is 0. The van der Waals surface area contributed by atoms with Gasteiger partial charge in [0, 0.05) is 6.54 Å². The normalized spacial score (nSPS) is 26.2. The lowest BCUT2D eigenvalue weighted by Crippen LogP contribution is -2.43. The van der Waals surface area contributed by atoms with Gasteiger partial charge in [0.2, 0.25) is 0 Å². The fraction of sp³-hybridized carbons (Fsp3) is 0.714. The van der Waals surface area contributed by atoms with E-state index >= 15 is 0 Å². The van der Waals surface area contributed by atoms with Gasteiger partial charge in [-0.05, 0) is 18.3 Å². The average Bonchev–Trinajstić information content (AvgIpc) is 2.76. The molecule has 1 aliphatic carbocycles. The highest BCUT2D eigenvalue weighted by Crippen LogP contribution is 2.36. The van der Waals surface area contributed by atoms with Gasteiger partial charge in [-0.3, -0.25) is 15.0 Å². The van der Waals surface area contributed by atoms with Crippen LogP contribution in [0.5, 0.6) is 0 Å². The number of carbonyl (C=O) groups excluding carboxylic acids is 2. The van der Waals surface area contributed by atoms with Crippen LogP contribution in [0.1, 0.15) is 13.3 Å². The van der Waals surface area contributed by atoms with Crippen molar-refractivity contribution in [1.29, 1.82) is 0 Å². The SMILES string of the molecule is CC1CC1CNC(=O)C(=O)NN. The average molecular weight is 171 g/mol. The number of hydrazine groups is 1. The topological polar surface area (TPSA) is 84.2 Å². The second kappa shape index (κ2) is 3.53. The van der Waals surface area contributed by atoms with Gasteiger partial charge < -0.3 is 5.32 Å². The molecule has 12 heavy (non-hydrogen) atoms. The summed E-state index contributed by atoms with van der Waals surface area (Å²) in [5.74, 6) is 4.53. The first-order valence-electron chi connectivity index (χ1n) is 3.94. The van der Waals surface area contributed by atoms with E-state index in [-0.39, 0.29) is 0 Å². The van der Waals surface area contributed by atoms with Crippen LogP contribution in [0.2, 0.25) is 0 Å². The lowest BCUT2D eigenvalue weighted by Gasteiger charge is -2.01. The summed E-state index contributed by atoms with van der Waals surface area (Å²) in [6.07, 6.45) is 1.13. The third-order valence-electron chi connectivity index (χ3n) is 2.14. The maximum absolute atomic E-state index is 10.8. The van der Waals surface area contributed by atoms with E-state index in [2.05, 4.69) is 12.2 Å². The Bertz CT molecular complexity index is 205. The number of nitrogens with two attached hydrogens (primary N) is 1. The largest absolute Gasteiger partial charge is 0.348 e. The summed E-state index contributed by atoms with van der Waals surface area (Å²) in [5.41, 5.74) is 1.77. The fourth-order valence-electron chi connectivity index (χ4n) is 1.05. The maximum atomic E-state index is 10.8. The molecule has 0 bridgehead atoms. The van der Waals surface area contributed by atoms with Crippen LogP contribution in [0.4, 0.5) is 0 Å². The van der Waals surface area contributed by atoms with Gasteiger partial charge in [-0.15, -0.1) is 0 Å². The Balaban J connectivity index is 2.14. The lowest BCUT2D eigenvalue weighted by molar-refractivity contribution is -0.139. The Kier molecular flexibility index (Phi) is 2.65. The van der Waals surface area contributed by atoms with Gasteiger partial charge in [-0.2, -0.15) is 0 Å². The third kappa shape index (κ3) is 2.20. The first kappa shape index (κ1) is 8.99. The van der Waals surface area contributed by atoms with Crippen molar-refractivity contribution in [1.82, 2.24) is 10.7 Å². The third-order valence-corrected chi connectivity index (χ3v) is 2.14. The molecule has 0 heterocycles. The summed E-state index contributed by atoms with van der Waals surface area (Å²) in [6, 6.07) is 0. The molecule has 0 spiro atoms. The highest BCUT2D eigenvalue weighted by molar-refractivity contribution is 6.34. The zero-order valence-electron chi connectivity index (χ0n) is 6.96. The van der Waals surface area contributed by atoms with Crippen LogP contribution in [0.3, 0.4) is 0 Å². The number of nitrogens with one attached hydrogen (secondary N) is 2. The van der Waals surface area contributed by atoms with Crippen LogP contribution in [-0.4, -0.2) is 18.4 Å². The van der Waals surface area contributed by atoms with Crippen LogP contribution in [0.15, 0.2) is 0 Å². The molecule has 0 aromatic heterocycles. The van der Waals surface area contributed by atoms with E-state index in [1.165, 1.54) is 0 Å². The van der Waals surface area contributed by atoms with Crippen molar-refractivity contribution in [3.63, 3.8) is 0 Å². The quantitative estimate of drug-likeness (QED) is 0.210. The van der Waals surface area contributed by atoms with E-state index in [9.17, 15) is 9.59 Å². The van der Waals surface area contributed by atoms with E-state index in [0.717, 1.165) is 6.42 Å². The van der Waals surface area contributed by atoms with E-state index in [1.54, 1.807) is 5.43 Å². The van der Waals surface area contributed by atoms with Crippen molar-refractivity contribution >= 4 is 11.8 Å². The number of hydrogen-bond donors (Lipinski definition) is 3. The molecule has 2 unspecified atom stereocenters. The molecular formula is C7H13N3O2. The molecule has 1 aliphatic rings. The van der Waals surface area contributed by atoms with Crippen molar-refractivity contribution in [3.8, 4) is 0 Å². The van der Waals surface area contributed by atoms with E-state index < -0.39 is 11.8 Å². The molecule has 2 atom stereocenters. The molecular weight excluding hydrogens is 158 g/mol. The number of hydrogen-bond acceptors (Lipinski definition) is 3. The molecule has 0 aliphatic heterocycles. The van der Waals surface area contributed by atoms with Gasteiger partial charge in [-0.1, -0.05) is 6.92 Å². The fourth-order valence-corrected chi connectivity index (χ4v) is 1.05. The van der Waals surface area contributed by atoms with E-state index in [0.29, 0.717) is 18.4 Å². The highest BCUT2D eigenvalue weighted by atomic mass is 16.2. The first-order valence-corrected chi connectivity index (χ1v) is 3.94. The van der Waals surface area contributed by atoms with Gasteiger partial charge in [0.05, 0.1) is 0 Å². The molecule has 4 N–H and O–H groups in total. The molecule has 1 saturated carbocycles. The molecule has 5 nitrogen and oxygen atoms in total. The smallest absolute Gasteiger partial charge is 0.323 e. The summed E-state index contributed by atoms with van der Waals surface area (Å²) in [6.45, 7) is 2.69. The minimum absolute atomic E-state index is 0.541. The molecule has 0 radical (unpaired) electrons. The lowest BCUT2D eigenvalue weighted by atomic mass is 10.3. The van der Waals surface area contributed by atoms with Crippen LogP contribution in [-0.2, 0) is 9.59 Å². The molecule has 1 fully saturated rings. The van der Waals surface area contributed by atoms with Crippen LogP contribution >= 0.6 is 0 Å². The monoisotopic (exact) mass is 171 g/mol. The number of amides is 2. The van der Waals surface area contributed by atoms with Gasteiger partial charge in [0.25, 0.3) is 0 Å². The minimum Gasteiger partial charge on any atom is -0.348 e. The minimum atomic E-state index is -0.789. The molecule has 68 valence electrons. The summed E-state index contributed by atoms with van der Waals surface area (Å²) in [5, 5.41) is 2.49. The van der Waals surface area contributed by atoms with Crippen LogP contribution < -0.4 is 16.6 Å². The first-order chi connectivity index (χ1) is 5.65. The predicted molar refractivity (Wildman–Crippen MR) is 42.6 cm³/mol. The second-order valence-corrected chi connectivity index (χ2v) is 3.16. The molecule has 0 aromatic rings. The van der Waals surface area contributed by atoms with Crippen LogP contribution in [0.25, 0.3) is 0 Å². The van der Waals surface area contributed by atoms with Gasteiger partial charge in [0.1, 0.15) is 0 Å². The summed E-state index contributed by atoms with van der Waals surface area (Å²) in [4.78, 5) is 21.4. The second-order valence-electron chi connectivity index (χ2n) is 3.16. The Labute approximate surface area is 70.7 Å². The molecule has 5 heteroatoms. The van der Waals surface area contributed by atoms with E-state index in [4.69, 9.17) is 5.84 Å². The summed E-state index contributed by atoms with van der Waals surface area (Å²) in [7, 11) is 0. The van der Waals surface area contributed by atoms with Crippen molar-refractivity contribution in [2.45, 2.75) is 13.3 Å². The maximum Gasteiger partial charge on any atom is 0.323 e. The van der Waals surface area contributed by atoms with Crippen LogP contribution in [0, 0.1) is 11.8 Å². The number of carbonyl (C=O) groups is 2. The standard InChI is InChI=1S/C7H13N3O2/c1-4-2-5(4)3-9-6(11)7(12)10-8/h4-5H,2-3,8H2,1H3,(H,9,11)(H,10,12). The van der Waals surface area contributed by atoms with Crippen molar-refractivity contribution < 1.29 is 9.59 Å². The molecule has 2 amide bonds. The van der Waals surface area contributed by atoms with Crippen molar-refractivity contribution in [2.75, 3.05) is 6.54 Å². The summed E-state index contributed by atoms with van der Waals surface area (Å²) >= 11 is 0. The van der Waals surface area contributed by atoms with Gasteiger partial charge in [0.15, 0.2) is 0 Å². The Morgan fingerprint density at radius 2 is 2.08 bits per heavy atom. The Hall–Kier alpha value is -1.10. The Morgan fingerprint density at radius 1 is 1.50 bits per heavy atom. The van der Waals surface area contributed by atoms with Crippen molar-refractivity contribution in [2.24, 2.45) is 17.7 Å². The van der Waals surface area contributed by atoms with Gasteiger partial charge in [-0.25, -0.2) is 5.84 Å². The number of rotatable bonds is 2. The van der Waals surface area contributed by atoms with E-state index in [1.807, 2.05) is 0 Å². The zero-order valence-corrected chi connectivity index (χ0v) is 6.96. The predicted octanol–water partition coefficient (Wildman–Crippen LogP) is -1.25. The van der Waals surface area contributed by atoms with Crippen molar-refractivity contribution in [3.05, 3.63) is 0 Å². The zero-order chi connectivity index (χ0) is 9.14. The Morgan fingerprint density at radius 3 is 2.50 bits per heavy atom.